The summed E-state index contributed by atoms with van der Waals surface area (Å²) in [5.74, 6) is -1.86. The van der Waals surface area contributed by atoms with E-state index in [0.29, 0.717) is 11.3 Å². The van der Waals surface area contributed by atoms with Crippen LogP contribution in [0.5, 0.6) is 0 Å². The highest BCUT2D eigenvalue weighted by atomic mass is 19.1. The average molecular weight is 277 g/mol. The first kappa shape index (κ1) is 13.9. The van der Waals surface area contributed by atoms with Crippen LogP contribution in [-0.4, -0.2) is 17.9 Å². The number of hydrogen-bond donors (Lipinski definition) is 2. The van der Waals surface area contributed by atoms with Gasteiger partial charge < -0.3 is 10.6 Å². The van der Waals surface area contributed by atoms with Crippen LogP contribution in [0.4, 0.5) is 20.3 Å². The van der Waals surface area contributed by atoms with Crippen LogP contribution in [-0.2, 0) is 0 Å². The number of halogens is 2. The number of nitrogens with zero attached hydrogens (tertiary/aromatic N) is 1. The molecule has 20 heavy (non-hydrogen) atoms. The molecule has 2 rings (SSSR count). The van der Waals surface area contributed by atoms with E-state index in [1.54, 1.807) is 6.07 Å². The number of amides is 1. The van der Waals surface area contributed by atoms with Gasteiger partial charge in [-0.1, -0.05) is 6.07 Å². The van der Waals surface area contributed by atoms with Crippen molar-refractivity contribution in [3.63, 3.8) is 0 Å². The fourth-order valence-corrected chi connectivity index (χ4v) is 1.73. The predicted molar refractivity (Wildman–Crippen MR) is 72.8 cm³/mol. The highest BCUT2D eigenvalue weighted by Gasteiger charge is 2.16. The Kier molecular flexibility index (Phi) is 3.93. The lowest BCUT2D eigenvalue weighted by molar-refractivity contribution is 0.102. The fourth-order valence-electron chi connectivity index (χ4n) is 1.73. The SMILES string of the molecule is CNc1nccc(C(=O)Nc2cccc(F)c2C)c1F. The van der Waals surface area contributed by atoms with Gasteiger partial charge in [-0.2, -0.15) is 0 Å². The third-order valence-electron chi connectivity index (χ3n) is 2.89. The van der Waals surface area contributed by atoms with Gasteiger partial charge in [-0.3, -0.25) is 4.79 Å². The maximum Gasteiger partial charge on any atom is 0.258 e. The maximum atomic E-state index is 13.9. The summed E-state index contributed by atoms with van der Waals surface area (Å²) in [5.41, 5.74) is 0.439. The lowest BCUT2D eigenvalue weighted by Crippen LogP contribution is -2.16. The normalized spacial score (nSPS) is 10.2. The highest BCUT2D eigenvalue weighted by Crippen LogP contribution is 2.20. The van der Waals surface area contributed by atoms with Gasteiger partial charge in [0.05, 0.1) is 5.56 Å². The summed E-state index contributed by atoms with van der Waals surface area (Å²) in [6, 6.07) is 5.57. The second-order valence-corrected chi connectivity index (χ2v) is 4.14. The third-order valence-corrected chi connectivity index (χ3v) is 2.89. The second kappa shape index (κ2) is 5.64. The minimum Gasteiger partial charge on any atom is -0.371 e. The summed E-state index contributed by atoms with van der Waals surface area (Å²) in [5, 5.41) is 5.03. The first-order valence-corrected chi connectivity index (χ1v) is 5.93. The van der Waals surface area contributed by atoms with Crippen LogP contribution in [0.25, 0.3) is 0 Å². The van der Waals surface area contributed by atoms with Gasteiger partial charge in [-0.25, -0.2) is 13.8 Å². The second-order valence-electron chi connectivity index (χ2n) is 4.14. The third kappa shape index (κ3) is 2.59. The van der Waals surface area contributed by atoms with Crippen molar-refractivity contribution in [2.45, 2.75) is 6.92 Å². The zero-order valence-electron chi connectivity index (χ0n) is 11.0. The van der Waals surface area contributed by atoms with Crippen LogP contribution in [0.3, 0.4) is 0 Å². The summed E-state index contributed by atoms with van der Waals surface area (Å²) in [4.78, 5) is 15.8. The summed E-state index contributed by atoms with van der Waals surface area (Å²) in [7, 11) is 1.50. The molecule has 2 N–H and O–H groups in total. The van der Waals surface area contributed by atoms with Crippen LogP contribution in [0.1, 0.15) is 15.9 Å². The Morgan fingerprint density at radius 2 is 2.00 bits per heavy atom. The van der Waals surface area contributed by atoms with Gasteiger partial charge in [0.2, 0.25) is 0 Å². The molecule has 0 saturated heterocycles. The van der Waals surface area contributed by atoms with Crippen molar-refractivity contribution in [3.8, 4) is 0 Å². The van der Waals surface area contributed by atoms with Crippen molar-refractivity contribution < 1.29 is 13.6 Å². The monoisotopic (exact) mass is 277 g/mol. The molecule has 1 aromatic carbocycles. The number of anilines is 2. The minimum absolute atomic E-state index is 0.0198. The molecular weight excluding hydrogens is 264 g/mol. The molecule has 0 spiro atoms. The zero-order chi connectivity index (χ0) is 14.7. The van der Waals surface area contributed by atoms with E-state index >= 15 is 0 Å². The molecule has 0 unspecified atom stereocenters. The highest BCUT2D eigenvalue weighted by molar-refractivity contribution is 6.05. The Morgan fingerprint density at radius 3 is 2.70 bits per heavy atom. The quantitative estimate of drug-likeness (QED) is 0.907. The number of carbonyl (C=O) groups excluding carboxylic acids is 1. The van der Waals surface area contributed by atoms with Crippen LogP contribution < -0.4 is 10.6 Å². The molecule has 0 saturated carbocycles. The lowest BCUT2D eigenvalue weighted by atomic mass is 10.1. The van der Waals surface area contributed by atoms with E-state index in [9.17, 15) is 13.6 Å². The lowest BCUT2D eigenvalue weighted by Gasteiger charge is -2.10. The van der Waals surface area contributed by atoms with Gasteiger partial charge in [-0.15, -0.1) is 0 Å². The molecule has 0 aliphatic carbocycles. The molecule has 0 aliphatic rings. The molecule has 2 aromatic rings. The largest absolute Gasteiger partial charge is 0.371 e. The Bertz CT molecular complexity index is 659. The average Bonchev–Trinajstić information content (AvgIpc) is 2.44. The standard InChI is InChI=1S/C14H13F2N3O/c1-8-10(15)4-3-5-11(8)19-14(20)9-6-7-18-13(17-2)12(9)16/h3-7H,1-2H3,(H,17,18)(H,19,20). The molecule has 0 fully saturated rings. The first-order valence-electron chi connectivity index (χ1n) is 5.93. The Hall–Kier alpha value is -2.50. The summed E-state index contributed by atoms with van der Waals surface area (Å²) >= 11 is 0. The van der Waals surface area contributed by atoms with Gasteiger partial charge in [0.25, 0.3) is 5.91 Å². The Labute approximate surface area is 114 Å². The minimum atomic E-state index is -0.749. The van der Waals surface area contributed by atoms with E-state index in [0.717, 1.165) is 0 Å². The van der Waals surface area contributed by atoms with E-state index in [4.69, 9.17) is 0 Å². The van der Waals surface area contributed by atoms with E-state index in [1.807, 2.05) is 0 Å². The van der Waals surface area contributed by atoms with Crippen LogP contribution in [0.15, 0.2) is 30.5 Å². The Balaban J connectivity index is 2.31. The van der Waals surface area contributed by atoms with Crippen molar-refractivity contribution in [3.05, 3.63) is 53.2 Å². The molecule has 1 heterocycles. The molecule has 104 valence electrons. The van der Waals surface area contributed by atoms with Gasteiger partial charge in [-0.05, 0) is 25.1 Å². The molecule has 4 nitrogen and oxygen atoms in total. The number of benzene rings is 1. The van der Waals surface area contributed by atoms with Crippen LogP contribution in [0, 0.1) is 18.6 Å². The zero-order valence-corrected chi connectivity index (χ0v) is 11.0. The molecule has 1 amide bonds. The fraction of sp³-hybridized carbons (Fsp3) is 0.143. The molecule has 0 aliphatic heterocycles. The number of aromatic nitrogens is 1. The van der Waals surface area contributed by atoms with Crippen LogP contribution in [0.2, 0.25) is 0 Å². The number of nitrogens with one attached hydrogen (secondary N) is 2. The molecule has 6 heteroatoms. The molecule has 0 radical (unpaired) electrons. The van der Waals surface area contributed by atoms with Crippen LogP contribution >= 0.6 is 0 Å². The van der Waals surface area contributed by atoms with Gasteiger partial charge >= 0.3 is 0 Å². The Morgan fingerprint density at radius 1 is 1.25 bits per heavy atom. The topological polar surface area (TPSA) is 54.0 Å². The molecule has 0 bridgehead atoms. The van der Waals surface area contributed by atoms with Crippen molar-refractivity contribution in [1.82, 2.24) is 4.98 Å². The van der Waals surface area contributed by atoms with Crippen molar-refractivity contribution in [2.75, 3.05) is 17.7 Å². The van der Waals surface area contributed by atoms with Crippen molar-refractivity contribution in [1.29, 1.82) is 0 Å². The molecule has 1 aromatic heterocycles. The summed E-state index contributed by atoms with van der Waals surface area (Å²) < 4.78 is 27.3. The van der Waals surface area contributed by atoms with Crippen molar-refractivity contribution in [2.24, 2.45) is 0 Å². The number of hydrogen-bond acceptors (Lipinski definition) is 3. The van der Waals surface area contributed by atoms with E-state index in [-0.39, 0.29) is 11.4 Å². The first-order chi connectivity index (χ1) is 9.54. The smallest absolute Gasteiger partial charge is 0.258 e. The number of rotatable bonds is 3. The number of carbonyl (C=O) groups is 1. The number of pyridine rings is 1. The van der Waals surface area contributed by atoms with Gasteiger partial charge in [0, 0.05) is 24.5 Å². The van der Waals surface area contributed by atoms with E-state index < -0.39 is 17.5 Å². The van der Waals surface area contributed by atoms with E-state index in [2.05, 4.69) is 15.6 Å². The van der Waals surface area contributed by atoms with Crippen molar-refractivity contribution >= 4 is 17.4 Å². The van der Waals surface area contributed by atoms with Gasteiger partial charge in [0.15, 0.2) is 11.6 Å². The molecule has 0 atom stereocenters. The predicted octanol–water partition coefficient (Wildman–Crippen LogP) is 2.96. The van der Waals surface area contributed by atoms with E-state index in [1.165, 1.54) is 38.4 Å². The molecular formula is C14H13F2N3O. The summed E-state index contributed by atoms with van der Waals surface area (Å²) in [6.07, 6.45) is 1.32. The maximum absolute atomic E-state index is 13.9. The van der Waals surface area contributed by atoms with Gasteiger partial charge in [0.1, 0.15) is 5.82 Å². The summed E-state index contributed by atoms with van der Waals surface area (Å²) in [6.45, 7) is 1.53.